The summed E-state index contributed by atoms with van der Waals surface area (Å²) in [7, 11) is 0. The minimum Gasteiger partial charge on any atom is -0.492 e. The smallest absolute Gasteiger partial charge is 0.260 e. The van der Waals surface area contributed by atoms with Crippen LogP contribution in [0.5, 0.6) is 23.0 Å². The number of carbonyl (C=O) groups is 1. The minimum atomic E-state index is -0.492. The quantitative estimate of drug-likeness (QED) is 0.0214. The Morgan fingerprint density at radius 3 is 1.15 bits per heavy atom. The Hall–Kier alpha value is -9.51. The molecule has 0 spiro atoms. The maximum absolute atomic E-state index is 12.7. The first kappa shape index (κ1) is 107. The van der Waals surface area contributed by atoms with Gasteiger partial charge in [-0.05, 0) is 148 Å². The number of likely N-dealkylation sites (N-methyl/N-ethyl adjacent to an activating group) is 1. The number of hydrogen-bond acceptors (Lipinski definition) is 26. The fourth-order valence-corrected chi connectivity index (χ4v) is 15.6. The number of halogens is 2. The van der Waals surface area contributed by atoms with E-state index in [2.05, 4.69) is 189 Å². The molecule has 704 valence electrons. The number of nitrogens with zero attached hydrogens (tertiary/aromatic N) is 6. The van der Waals surface area contributed by atoms with Gasteiger partial charge in [0.25, 0.3) is 5.91 Å². The molecule has 33 heteroatoms. The van der Waals surface area contributed by atoms with Gasteiger partial charge in [0, 0.05) is 148 Å². The van der Waals surface area contributed by atoms with Gasteiger partial charge >= 0.3 is 0 Å². The van der Waals surface area contributed by atoms with Gasteiger partial charge in [-0.1, -0.05) is 113 Å². The number of thiazole rings is 4. The SMILES string of the molecule is CC(C)C.CC(C)C.CC(C)C.CC(C)C.CC(C)Nc1nc(-c2cc(=O)c3ccc(OCC(=O)N4CCOCC4)cc3[nH]2)cs1.CC(C)Nc1nc(-c2cc(=O)c3ccc(OCC(C)(C)N)c(Cl)c3[nH]2)cs1.CC(C)Nc1nc(-c2cc(=O)c3ccc(OCCN4CCOCC4)c(Cl)c3[nH]2)cs1.CCNCCOc1ccc2c(=O)cc(-c3csc(NC(C)C)n3)[nH]c2c1. The summed E-state index contributed by atoms with van der Waals surface area (Å²) in [6, 6.07) is 25.0. The van der Waals surface area contributed by atoms with Gasteiger partial charge in [0.2, 0.25) is 0 Å². The number of H-pyrrole nitrogens is 4. The molecule has 0 unspecified atom stereocenters. The summed E-state index contributed by atoms with van der Waals surface area (Å²) in [6.07, 6.45) is 0. The van der Waals surface area contributed by atoms with Gasteiger partial charge in [0.05, 0.1) is 94.0 Å². The molecule has 14 rings (SSSR count). The van der Waals surface area contributed by atoms with E-state index in [-0.39, 0.29) is 52.4 Å². The fraction of sp³-hybridized carbons (Fsp3) is 0.490. The summed E-state index contributed by atoms with van der Waals surface area (Å²) in [5, 5.41) is 30.2. The Kier molecular flexibility index (Phi) is 43.9. The number of benzene rings is 4. The summed E-state index contributed by atoms with van der Waals surface area (Å²) in [6.45, 7) is 57.7. The molecule has 2 aliphatic rings. The first-order chi connectivity index (χ1) is 61.1. The number of aromatic nitrogens is 8. The number of fused-ring (bicyclic) bond motifs is 4. The molecule has 2 saturated heterocycles. The van der Waals surface area contributed by atoms with Crippen molar-refractivity contribution < 1.29 is 33.2 Å². The van der Waals surface area contributed by atoms with Crippen molar-refractivity contribution in [1.82, 2.24) is 55.0 Å². The third-order valence-corrected chi connectivity index (χ3v) is 20.9. The molecular weight excluding hydrogens is 1750 g/mol. The lowest BCUT2D eigenvalue weighted by Crippen LogP contribution is -2.42. The minimum absolute atomic E-state index is 0.0284. The Morgan fingerprint density at radius 2 is 0.791 bits per heavy atom. The molecule has 0 saturated carbocycles. The van der Waals surface area contributed by atoms with Crippen LogP contribution in [0.25, 0.3) is 89.2 Å². The van der Waals surface area contributed by atoms with E-state index in [0.717, 1.165) is 107 Å². The van der Waals surface area contributed by atoms with E-state index in [4.69, 9.17) is 57.4 Å². The lowest BCUT2D eigenvalue weighted by Gasteiger charge is -2.26. The molecule has 1 amide bonds. The van der Waals surface area contributed by atoms with Crippen molar-refractivity contribution >= 4 is 139 Å². The third-order valence-electron chi connectivity index (χ3n) is 17.1. The average molecular weight is 1890 g/mol. The Labute approximate surface area is 785 Å². The number of hydrogen-bond donors (Lipinski definition) is 10. The van der Waals surface area contributed by atoms with Crippen molar-refractivity contribution in [1.29, 1.82) is 0 Å². The lowest BCUT2D eigenvalue weighted by atomic mass is 10.1. The number of carbonyl (C=O) groups excluding carboxylic acids is 1. The summed E-state index contributed by atoms with van der Waals surface area (Å²) >= 11 is 19.1. The molecule has 0 atom stereocenters. The molecule has 2 aliphatic heterocycles. The summed E-state index contributed by atoms with van der Waals surface area (Å²) in [5.74, 6) is 5.57. The zero-order chi connectivity index (χ0) is 94.8. The highest BCUT2D eigenvalue weighted by Gasteiger charge is 2.22. The van der Waals surface area contributed by atoms with Gasteiger partial charge in [0.15, 0.2) is 48.8 Å². The second kappa shape index (κ2) is 53.1. The average Bonchev–Trinajstić information content (AvgIpc) is 1.68. The molecule has 0 aliphatic carbocycles. The number of amides is 1. The number of aromatic amines is 4. The van der Waals surface area contributed by atoms with Crippen molar-refractivity contribution in [3.63, 3.8) is 0 Å². The topological polar surface area (TPSA) is 348 Å². The maximum Gasteiger partial charge on any atom is 0.260 e. The van der Waals surface area contributed by atoms with Gasteiger partial charge in [-0.25, -0.2) is 19.9 Å². The van der Waals surface area contributed by atoms with Crippen molar-refractivity contribution in [2.24, 2.45) is 29.4 Å². The number of nitrogens with two attached hydrogens (primary N) is 1. The summed E-state index contributed by atoms with van der Waals surface area (Å²) in [4.78, 5) is 97.9. The first-order valence-corrected chi connectivity index (χ1v) is 48.5. The Bertz CT molecular complexity index is 5660. The first-order valence-electron chi connectivity index (χ1n) is 44.3. The highest BCUT2D eigenvalue weighted by atomic mass is 35.5. The third kappa shape index (κ3) is 36.6. The van der Waals surface area contributed by atoms with Crippen LogP contribution < -0.4 is 73.0 Å². The van der Waals surface area contributed by atoms with Crippen LogP contribution in [0, 0.1) is 23.7 Å². The van der Waals surface area contributed by atoms with E-state index in [1.165, 1.54) is 51.4 Å². The van der Waals surface area contributed by atoms with E-state index < -0.39 is 5.54 Å². The molecule has 2 fully saturated rings. The summed E-state index contributed by atoms with van der Waals surface area (Å²) in [5.41, 5.74) is 13.0. The molecule has 27 nitrogen and oxygen atoms in total. The molecule has 11 N–H and O–H groups in total. The number of pyridine rings is 4. The van der Waals surface area contributed by atoms with Gasteiger partial charge in [-0.3, -0.25) is 28.9 Å². The maximum atomic E-state index is 12.7. The van der Waals surface area contributed by atoms with E-state index in [9.17, 15) is 24.0 Å². The molecule has 8 aromatic heterocycles. The monoisotopic (exact) mass is 1890 g/mol. The largest absolute Gasteiger partial charge is 0.492 e. The molecular formula is C96H136Cl2N16O11S4. The van der Waals surface area contributed by atoms with E-state index in [1.807, 2.05) is 75.2 Å². The predicted octanol–water partition coefficient (Wildman–Crippen LogP) is 20.9. The zero-order valence-electron chi connectivity index (χ0n) is 79.3. The van der Waals surface area contributed by atoms with Gasteiger partial charge < -0.3 is 85.6 Å². The van der Waals surface area contributed by atoms with Crippen LogP contribution in [0.2, 0.25) is 10.0 Å². The van der Waals surface area contributed by atoms with Crippen LogP contribution in [0.1, 0.15) is 159 Å². The van der Waals surface area contributed by atoms with Crippen molar-refractivity contribution in [3.05, 3.63) is 157 Å². The standard InChI is InChI=1S/C21H25ClN4O3S.C21H24N4O4S.C19H23ClN4O2S.C19H24N4O2S.4C4H10/c1-13(2)23-21-25-16(12-30-21)15-11-17(27)14-3-4-18(19(22)20(14)24-15)29-10-7-26-5-8-28-9-6-26;1-13(2)22-21-24-18(12-30-21)17-10-19(26)15-4-3-14(9-16(15)23-17)29-11-20(27)25-5-7-28-8-6-25;1-10(2)22-18-24-13(8-27-18)12-7-14(25)11-5-6-15(16(20)17(11)23-12)26-9-19(3,4)21;1-4-20-7-8-25-13-5-6-14-15(9-13)22-16(10-18(14)24)17-11-26-19(23-17)21-12(2)3;4*1-4(2)3/h3-4,11-13H,5-10H2,1-2H3,(H,23,25)(H,24,27);3-4,9-10,12-13H,5-8,11H2,1-2H3,(H,22,24)(H,23,26);5-8,10H,9,21H2,1-4H3,(H,22,24)(H,23,25);5-6,9-12,20H,4,7-8H2,1-3H3,(H,21,23)(H,22,24);4*4H,1-3H3. The lowest BCUT2D eigenvalue weighted by molar-refractivity contribution is -0.137. The summed E-state index contributed by atoms with van der Waals surface area (Å²) < 4.78 is 33.7. The number of ether oxygens (including phenoxy) is 6. The van der Waals surface area contributed by atoms with Gasteiger partial charge in [0.1, 0.15) is 52.9 Å². The normalized spacial score (nSPS) is 12.7. The number of anilines is 4. The second-order valence-electron chi connectivity index (χ2n) is 35.5. The van der Waals surface area contributed by atoms with Crippen LogP contribution in [0.4, 0.5) is 20.5 Å². The van der Waals surface area contributed by atoms with E-state index in [1.54, 1.807) is 71.6 Å². The van der Waals surface area contributed by atoms with Gasteiger partial charge in [-0.2, -0.15) is 0 Å². The van der Waals surface area contributed by atoms with E-state index in [0.29, 0.717) is 157 Å². The predicted molar refractivity (Wildman–Crippen MR) is 543 cm³/mol. The molecule has 10 heterocycles. The molecule has 0 radical (unpaired) electrons. The fourth-order valence-electron chi connectivity index (χ4n) is 11.6. The Morgan fingerprint density at radius 1 is 0.457 bits per heavy atom. The van der Waals surface area contributed by atoms with Crippen LogP contribution in [0.3, 0.4) is 0 Å². The molecule has 129 heavy (non-hydrogen) atoms. The highest BCUT2D eigenvalue weighted by Crippen LogP contribution is 2.36. The van der Waals surface area contributed by atoms with Crippen LogP contribution in [0.15, 0.2) is 126 Å². The van der Waals surface area contributed by atoms with Crippen LogP contribution >= 0.6 is 68.5 Å². The van der Waals surface area contributed by atoms with Crippen molar-refractivity contribution in [3.8, 4) is 68.5 Å². The van der Waals surface area contributed by atoms with Gasteiger partial charge in [-0.15, -0.1) is 45.3 Å². The molecule has 4 aromatic carbocycles. The number of nitrogens with one attached hydrogen (secondary N) is 9. The molecule has 12 aromatic rings. The zero-order valence-corrected chi connectivity index (χ0v) is 84.0. The second-order valence-corrected chi connectivity index (χ2v) is 39.7. The number of rotatable bonds is 27. The molecule has 0 bridgehead atoms. The van der Waals surface area contributed by atoms with Crippen LogP contribution in [-0.2, 0) is 14.3 Å². The van der Waals surface area contributed by atoms with Crippen LogP contribution in [-0.4, -0.2) is 184 Å². The van der Waals surface area contributed by atoms with Crippen molar-refractivity contribution in [2.75, 3.05) is 120 Å². The highest BCUT2D eigenvalue weighted by molar-refractivity contribution is 7.15. The van der Waals surface area contributed by atoms with Crippen molar-refractivity contribution in [2.45, 2.75) is 189 Å². The Balaban J connectivity index is 0.000000223. The van der Waals surface area contributed by atoms with E-state index >= 15 is 0 Å². The number of morpholine rings is 2.